The molecule has 2 fully saturated rings. The molecule has 1 atom stereocenters. The SMILES string of the molecule is CC(C)(C)OC(=O)N1CCOC(CN2CCN(Cc3ccccc3)CC2)C1. The zero-order chi connectivity index (χ0) is 19.3. The van der Waals surface area contributed by atoms with Crippen LogP contribution in [0.3, 0.4) is 0 Å². The first-order valence-electron chi connectivity index (χ1n) is 9.97. The van der Waals surface area contributed by atoms with E-state index in [1.807, 2.05) is 20.8 Å². The molecule has 0 aliphatic carbocycles. The van der Waals surface area contributed by atoms with Gasteiger partial charge in [-0.1, -0.05) is 30.3 Å². The van der Waals surface area contributed by atoms with E-state index < -0.39 is 5.60 Å². The Morgan fingerprint density at radius 1 is 1.07 bits per heavy atom. The average molecular weight is 376 g/mol. The van der Waals surface area contributed by atoms with E-state index in [0.29, 0.717) is 19.7 Å². The summed E-state index contributed by atoms with van der Waals surface area (Å²) >= 11 is 0. The van der Waals surface area contributed by atoms with Gasteiger partial charge in [-0.3, -0.25) is 9.80 Å². The zero-order valence-corrected chi connectivity index (χ0v) is 16.9. The van der Waals surface area contributed by atoms with Crippen molar-refractivity contribution in [2.75, 3.05) is 52.4 Å². The summed E-state index contributed by atoms with van der Waals surface area (Å²) in [6, 6.07) is 10.6. The smallest absolute Gasteiger partial charge is 0.410 e. The normalized spacial score (nSPS) is 22.6. The fraction of sp³-hybridized carbons (Fsp3) is 0.667. The summed E-state index contributed by atoms with van der Waals surface area (Å²) < 4.78 is 11.4. The Morgan fingerprint density at radius 2 is 1.74 bits per heavy atom. The van der Waals surface area contributed by atoms with Crippen molar-refractivity contribution in [1.29, 1.82) is 0 Å². The Hall–Kier alpha value is -1.63. The van der Waals surface area contributed by atoms with Crippen LogP contribution in [0, 0.1) is 0 Å². The summed E-state index contributed by atoms with van der Waals surface area (Å²) in [6.07, 6.45) is -0.171. The molecule has 2 saturated heterocycles. The van der Waals surface area contributed by atoms with Gasteiger partial charge in [0.05, 0.1) is 19.3 Å². The van der Waals surface area contributed by atoms with Gasteiger partial charge in [0, 0.05) is 45.8 Å². The van der Waals surface area contributed by atoms with Gasteiger partial charge in [-0.15, -0.1) is 0 Å². The lowest BCUT2D eigenvalue weighted by atomic mass is 10.2. The molecular weight excluding hydrogens is 342 g/mol. The first kappa shape index (κ1) is 20.1. The van der Waals surface area contributed by atoms with E-state index in [0.717, 1.165) is 39.3 Å². The monoisotopic (exact) mass is 375 g/mol. The number of ether oxygens (including phenoxy) is 2. The van der Waals surface area contributed by atoms with Gasteiger partial charge in [0.2, 0.25) is 0 Å². The first-order valence-corrected chi connectivity index (χ1v) is 9.97. The molecule has 1 aromatic carbocycles. The largest absolute Gasteiger partial charge is 0.444 e. The number of carbonyl (C=O) groups excluding carboxylic acids is 1. The number of amides is 1. The molecule has 1 amide bonds. The second kappa shape index (κ2) is 9.04. The lowest BCUT2D eigenvalue weighted by Crippen LogP contribution is -2.53. The van der Waals surface area contributed by atoms with Crippen LogP contribution in [0.2, 0.25) is 0 Å². The Labute approximate surface area is 163 Å². The van der Waals surface area contributed by atoms with Crippen LogP contribution < -0.4 is 0 Å². The van der Waals surface area contributed by atoms with Crippen molar-refractivity contribution in [1.82, 2.24) is 14.7 Å². The highest BCUT2D eigenvalue weighted by atomic mass is 16.6. The molecule has 2 heterocycles. The van der Waals surface area contributed by atoms with Crippen LogP contribution in [0.15, 0.2) is 30.3 Å². The van der Waals surface area contributed by atoms with Crippen LogP contribution in [0.4, 0.5) is 4.79 Å². The van der Waals surface area contributed by atoms with Crippen LogP contribution >= 0.6 is 0 Å². The molecule has 1 unspecified atom stereocenters. The predicted molar refractivity (Wildman–Crippen MR) is 106 cm³/mol. The summed E-state index contributed by atoms with van der Waals surface area (Å²) in [6.45, 7) is 13.6. The lowest BCUT2D eigenvalue weighted by Gasteiger charge is -2.39. The van der Waals surface area contributed by atoms with Crippen molar-refractivity contribution in [2.24, 2.45) is 0 Å². The van der Waals surface area contributed by atoms with Crippen LogP contribution in [-0.4, -0.2) is 84.9 Å². The molecule has 0 aromatic heterocycles. The van der Waals surface area contributed by atoms with Crippen molar-refractivity contribution in [2.45, 2.75) is 39.0 Å². The summed E-state index contributed by atoms with van der Waals surface area (Å²) in [5.41, 5.74) is 0.912. The Bertz CT molecular complexity index is 594. The minimum absolute atomic E-state index is 0.0620. The zero-order valence-electron chi connectivity index (χ0n) is 16.9. The number of nitrogens with zero attached hydrogens (tertiary/aromatic N) is 3. The van der Waals surface area contributed by atoms with Gasteiger partial charge in [0.1, 0.15) is 5.60 Å². The maximum Gasteiger partial charge on any atom is 0.410 e. The predicted octanol–water partition coefficient (Wildman–Crippen LogP) is 2.44. The molecule has 6 heteroatoms. The van der Waals surface area contributed by atoms with E-state index in [1.165, 1.54) is 5.56 Å². The number of hydrogen-bond donors (Lipinski definition) is 0. The molecule has 0 N–H and O–H groups in total. The van der Waals surface area contributed by atoms with Crippen molar-refractivity contribution in [3.63, 3.8) is 0 Å². The number of morpholine rings is 1. The Balaban J connectivity index is 1.41. The number of rotatable bonds is 4. The maximum absolute atomic E-state index is 12.3. The van der Waals surface area contributed by atoms with Gasteiger partial charge >= 0.3 is 6.09 Å². The quantitative estimate of drug-likeness (QED) is 0.809. The highest BCUT2D eigenvalue weighted by Crippen LogP contribution is 2.15. The fourth-order valence-corrected chi connectivity index (χ4v) is 3.58. The van der Waals surface area contributed by atoms with Crippen LogP contribution in [0.5, 0.6) is 0 Å². The summed E-state index contributed by atoms with van der Waals surface area (Å²) in [5, 5.41) is 0. The minimum atomic E-state index is -0.458. The topological polar surface area (TPSA) is 45.2 Å². The molecule has 0 saturated carbocycles. The van der Waals surface area contributed by atoms with Gasteiger partial charge in [-0.05, 0) is 26.3 Å². The van der Waals surface area contributed by atoms with Crippen LogP contribution in [-0.2, 0) is 16.0 Å². The van der Waals surface area contributed by atoms with Crippen LogP contribution in [0.1, 0.15) is 26.3 Å². The molecule has 2 aliphatic heterocycles. The van der Waals surface area contributed by atoms with Crippen molar-refractivity contribution < 1.29 is 14.3 Å². The van der Waals surface area contributed by atoms with Crippen LogP contribution in [0.25, 0.3) is 0 Å². The van der Waals surface area contributed by atoms with E-state index in [4.69, 9.17) is 9.47 Å². The number of hydrogen-bond acceptors (Lipinski definition) is 5. The fourth-order valence-electron chi connectivity index (χ4n) is 3.58. The summed E-state index contributed by atoms with van der Waals surface area (Å²) in [5.74, 6) is 0. The molecule has 6 nitrogen and oxygen atoms in total. The van der Waals surface area contributed by atoms with E-state index in [1.54, 1.807) is 4.90 Å². The van der Waals surface area contributed by atoms with E-state index in [2.05, 4.69) is 40.1 Å². The van der Waals surface area contributed by atoms with Gasteiger partial charge in [-0.2, -0.15) is 0 Å². The van der Waals surface area contributed by atoms with E-state index >= 15 is 0 Å². The van der Waals surface area contributed by atoms with E-state index in [9.17, 15) is 4.79 Å². The number of carbonyl (C=O) groups is 1. The Kier molecular flexibility index (Phi) is 6.73. The number of benzene rings is 1. The third kappa shape index (κ3) is 6.48. The summed E-state index contributed by atoms with van der Waals surface area (Å²) in [7, 11) is 0. The van der Waals surface area contributed by atoms with Crippen molar-refractivity contribution >= 4 is 6.09 Å². The maximum atomic E-state index is 12.3. The van der Waals surface area contributed by atoms with Gasteiger partial charge in [0.15, 0.2) is 0 Å². The average Bonchev–Trinajstić information content (AvgIpc) is 2.63. The van der Waals surface area contributed by atoms with Gasteiger partial charge in [0.25, 0.3) is 0 Å². The standard InChI is InChI=1S/C21H33N3O3/c1-21(2,3)27-20(25)24-13-14-26-19(17-24)16-23-11-9-22(10-12-23)15-18-7-5-4-6-8-18/h4-8,19H,9-17H2,1-3H3. The summed E-state index contributed by atoms with van der Waals surface area (Å²) in [4.78, 5) is 19.0. The van der Waals surface area contributed by atoms with E-state index in [-0.39, 0.29) is 12.2 Å². The molecule has 27 heavy (non-hydrogen) atoms. The lowest BCUT2D eigenvalue weighted by molar-refractivity contribution is -0.0559. The first-order chi connectivity index (χ1) is 12.9. The highest BCUT2D eigenvalue weighted by Gasteiger charge is 2.29. The number of piperazine rings is 1. The molecular formula is C21H33N3O3. The minimum Gasteiger partial charge on any atom is -0.444 e. The second-order valence-corrected chi connectivity index (χ2v) is 8.48. The Morgan fingerprint density at radius 3 is 2.41 bits per heavy atom. The molecule has 0 radical (unpaired) electrons. The molecule has 2 aliphatic rings. The van der Waals surface area contributed by atoms with Gasteiger partial charge < -0.3 is 14.4 Å². The molecule has 0 spiro atoms. The molecule has 0 bridgehead atoms. The molecule has 150 valence electrons. The van der Waals surface area contributed by atoms with Crippen molar-refractivity contribution in [3.8, 4) is 0 Å². The third-order valence-electron chi connectivity index (χ3n) is 4.97. The third-order valence-corrected chi connectivity index (χ3v) is 4.97. The molecule has 1 aromatic rings. The van der Waals surface area contributed by atoms with Gasteiger partial charge in [-0.25, -0.2) is 4.79 Å². The highest BCUT2D eigenvalue weighted by molar-refractivity contribution is 5.68. The van der Waals surface area contributed by atoms with Crippen molar-refractivity contribution in [3.05, 3.63) is 35.9 Å². The molecule has 3 rings (SSSR count). The second-order valence-electron chi connectivity index (χ2n) is 8.48.